The van der Waals surface area contributed by atoms with Gasteiger partial charge >= 0.3 is 0 Å². The number of nitriles is 2. The van der Waals surface area contributed by atoms with E-state index in [-0.39, 0.29) is 0 Å². The first-order chi connectivity index (χ1) is 7.67. The van der Waals surface area contributed by atoms with Crippen LogP contribution in [-0.2, 0) is 0 Å². The van der Waals surface area contributed by atoms with E-state index in [1.807, 2.05) is 12.1 Å². The van der Waals surface area contributed by atoms with Gasteiger partial charge in [0.2, 0.25) is 0 Å². The first kappa shape index (κ1) is 12.6. The summed E-state index contributed by atoms with van der Waals surface area (Å²) in [6, 6.07) is 9.49. The lowest BCUT2D eigenvalue weighted by Crippen LogP contribution is -1.90. The highest BCUT2D eigenvalue weighted by Crippen LogP contribution is 2.22. The zero-order valence-electron chi connectivity index (χ0n) is 9.53. The Balaban J connectivity index is 2.70. The molecule has 3 heteroatoms. The van der Waals surface area contributed by atoms with E-state index in [0.29, 0.717) is 17.0 Å². The standard InChI is InChI=1S/C13H14N2S/c1-10(2)5-6-16-13-4-3-11(8-14)12(7-13)9-15/h3-4,7,10H,5-6H2,1-2H3. The Bertz CT molecular complexity index is 438. The molecule has 0 spiro atoms. The second-order valence-electron chi connectivity index (χ2n) is 3.96. The average Bonchev–Trinajstić information content (AvgIpc) is 2.28. The van der Waals surface area contributed by atoms with Crippen molar-refractivity contribution in [1.29, 1.82) is 10.5 Å². The summed E-state index contributed by atoms with van der Waals surface area (Å²) < 4.78 is 0. The third-order valence-electron chi connectivity index (χ3n) is 2.20. The smallest absolute Gasteiger partial charge is 0.101 e. The minimum absolute atomic E-state index is 0.454. The maximum atomic E-state index is 8.88. The predicted octanol–water partition coefficient (Wildman–Crippen LogP) is 3.57. The van der Waals surface area contributed by atoms with Gasteiger partial charge in [-0.05, 0) is 36.3 Å². The molecule has 0 aromatic heterocycles. The lowest BCUT2D eigenvalue weighted by molar-refractivity contribution is 0.632. The minimum atomic E-state index is 0.454. The Morgan fingerprint density at radius 1 is 1.19 bits per heavy atom. The van der Waals surface area contributed by atoms with Crippen LogP contribution in [-0.4, -0.2) is 5.75 Å². The third kappa shape index (κ3) is 3.61. The normalized spacial score (nSPS) is 9.81. The monoisotopic (exact) mass is 230 g/mol. The van der Waals surface area contributed by atoms with E-state index >= 15 is 0 Å². The molecule has 1 aromatic carbocycles. The molecule has 0 atom stereocenters. The maximum absolute atomic E-state index is 8.88. The molecule has 1 rings (SSSR count). The van der Waals surface area contributed by atoms with Gasteiger partial charge in [-0.2, -0.15) is 10.5 Å². The molecule has 0 heterocycles. The van der Waals surface area contributed by atoms with Crippen LogP contribution < -0.4 is 0 Å². The van der Waals surface area contributed by atoms with Crippen molar-refractivity contribution in [3.05, 3.63) is 29.3 Å². The average molecular weight is 230 g/mol. The van der Waals surface area contributed by atoms with Gasteiger partial charge in [-0.25, -0.2) is 0 Å². The molecule has 0 bridgehead atoms. The van der Waals surface area contributed by atoms with E-state index in [2.05, 4.69) is 19.9 Å². The van der Waals surface area contributed by atoms with Crippen molar-refractivity contribution in [3.63, 3.8) is 0 Å². The fourth-order valence-corrected chi connectivity index (χ4v) is 2.41. The number of hydrogen-bond donors (Lipinski definition) is 0. The SMILES string of the molecule is CC(C)CCSc1ccc(C#N)c(C#N)c1. The predicted molar refractivity (Wildman–Crippen MR) is 66.1 cm³/mol. The highest BCUT2D eigenvalue weighted by molar-refractivity contribution is 7.99. The van der Waals surface area contributed by atoms with E-state index in [1.165, 1.54) is 0 Å². The quantitative estimate of drug-likeness (QED) is 0.743. The van der Waals surface area contributed by atoms with Crippen LogP contribution >= 0.6 is 11.8 Å². The Kier molecular flexibility index (Phi) is 4.89. The summed E-state index contributed by atoms with van der Waals surface area (Å²) in [7, 11) is 0. The van der Waals surface area contributed by atoms with Crippen molar-refractivity contribution in [1.82, 2.24) is 0 Å². The number of benzene rings is 1. The number of nitrogens with zero attached hydrogens (tertiary/aromatic N) is 2. The lowest BCUT2D eigenvalue weighted by Gasteiger charge is -2.05. The molecule has 16 heavy (non-hydrogen) atoms. The first-order valence-corrected chi connectivity index (χ1v) is 6.23. The molecule has 0 N–H and O–H groups in total. The van der Waals surface area contributed by atoms with Gasteiger partial charge in [0, 0.05) is 4.90 Å². The largest absolute Gasteiger partial charge is 0.192 e. The van der Waals surface area contributed by atoms with Gasteiger partial charge in [-0.15, -0.1) is 11.8 Å². The van der Waals surface area contributed by atoms with Crippen molar-refractivity contribution in [2.75, 3.05) is 5.75 Å². The minimum Gasteiger partial charge on any atom is -0.192 e. The number of rotatable bonds is 4. The Morgan fingerprint density at radius 2 is 1.88 bits per heavy atom. The van der Waals surface area contributed by atoms with Crippen molar-refractivity contribution in [3.8, 4) is 12.1 Å². The van der Waals surface area contributed by atoms with Crippen LogP contribution in [0.5, 0.6) is 0 Å². The molecular weight excluding hydrogens is 216 g/mol. The van der Waals surface area contributed by atoms with Gasteiger partial charge in [-0.1, -0.05) is 13.8 Å². The van der Waals surface area contributed by atoms with Crippen LogP contribution in [0, 0.1) is 28.6 Å². The molecule has 2 nitrogen and oxygen atoms in total. The molecule has 0 saturated carbocycles. The second kappa shape index (κ2) is 6.20. The van der Waals surface area contributed by atoms with Gasteiger partial charge in [0.25, 0.3) is 0 Å². The molecule has 0 unspecified atom stereocenters. The third-order valence-corrected chi connectivity index (χ3v) is 3.22. The topological polar surface area (TPSA) is 47.6 Å². The highest BCUT2D eigenvalue weighted by Gasteiger charge is 2.03. The van der Waals surface area contributed by atoms with Crippen LogP contribution in [0.2, 0.25) is 0 Å². The van der Waals surface area contributed by atoms with E-state index in [1.54, 1.807) is 23.9 Å². The van der Waals surface area contributed by atoms with Crippen LogP contribution in [0.15, 0.2) is 23.1 Å². The van der Waals surface area contributed by atoms with Gasteiger partial charge < -0.3 is 0 Å². The van der Waals surface area contributed by atoms with Crippen molar-refractivity contribution < 1.29 is 0 Å². The molecule has 0 aliphatic heterocycles. The highest BCUT2D eigenvalue weighted by atomic mass is 32.2. The van der Waals surface area contributed by atoms with Gasteiger partial charge in [-0.3, -0.25) is 0 Å². The molecule has 0 saturated heterocycles. The zero-order valence-corrected chi connectivity index (χ0v) is 10.3. The van der Waals surface area contributed by atoms with Crippen molar-refractivity contribution in [2.24, 2.45) is 5.92 Å². The molecule has 0 aliphatic carbocycles. The lowest BCUT2D eigenvalue weighted by atomic mass is 10.1. The van der Waals surface area contributed by atoms with Gasteiger partial charge in [0.1, 0.15) is 12.1 Å². The van der Waals surface area contributed by atoms with Gasteiger partial charge in [0.05, 0.1) is 11.1 Å². The summed E-state index contributed by atoms with van der Waals surface area (Å²) in [4.78, 5) is 1.07. The van der Waals surface area contributed by atoms with Crippen LogP contribution in [0.25, 0.3) is 0 Å². The van der Waals surface area contributed by atoms with Crippen molar-refractivity contribution >= 4 is 11.8 Å². The maximum Gasteiger partial charge on any atom is 0.101 e. The summed E-state index contributed by atoms with van der Waals surface area (Å²) in [6.45, 7) is 4.39. The zero-order chi connectivity index (χ0) is 12.0. The van der Waals surface area contributed by atoms with Crippen molar-refractivity contribution in [2.45, 2.75) is 25.2 Å². The summed E-state index contributed by atoms with van der Waals surface area (Å²) >= 11 is 1.74. The Morgan fingerprint density at radius 3 is 2.44 bits per heavy atom. The molecule has 0 amide bonds. The van der Waals surface area contributed by atoms with E-state index in [0.717, 1.165) is 17.1 Å². The second-order valence-corrected chi connectivity index (χ2v) is 5.13. The van der Waals surface area contributed by atoms with Gasteiger partial charge in [0.15, 0.2) is 0 Å². The van der Waals surface area contributed by atoms with E-state index in [9.17, 15) is 0 Å². The molecule has 0 radical (unpaired) electrons. The number of thioether (sulfide) groups is 1. The summed E-state index contributed by atoms with van der Waals surface area (Å²) in [6.07, 6.45) is 1.16. The Labute approximate surface area is 101 Å². The molecule has 82 valence electrons. The first-order valence-electron chi connectivity index (χ1n) is 5.24. The Hall–Kier alpha value is -1.45. The number of hydrogen-bond acceptors (Lipinski definition) is 3. The molecule has 0 aliphatic rings. The summed E-state index contributed by atoms with van der Waals surface area (Å²) in [5.41, 5.74) is 0.924. The van der Waals surface area contributed by atoms with E-state index in [4.69, 9.17) is 10.5 Å². The fraction of sp³-hybridized carbons (Fsp3) is 0.385. The molecular formula is C13H14N2S. The van der Waals surface area contributed by atoms with Crippen LogP contribution in [0.4, 0.5) is 0 Å². The van der Waals surface area contributed by atoms with E-state index < -0.39 is 0 Å². The fourth-order valence-electron chi connectivity index (χ4n) is 1.22. The van der Waals surface area contributed by atoms with Crippen LogP contribution in [0.1, 0.15) is 31.4 Å². The summed E-state index contributed by atoms with van der Waals surface area (Å²) in [5, 5.41) is 17.7. The molecule has 1 aromatic rings. The summed E-state index contributed by atoms with van der Waals surface area (Å²) in [5.74, 6) is 1.75. The van der Waals surface area contributed by atoms with Crippen LogP contribution in [0.3, 0.4) is 0 Å². The molecule has 0 fully saturated rings.